The van der Waals surface area contributed by atoms with Crippen LogP contribution in [0.25, 0.3) is 0 Å². The van der Waals surface area contributed by atoms with Gasteiger partial charge >= 0.3 is 0 Å². The molecular formula is C12H23N3. The van der Waals surface area contributed by atoms with Gasteiger partial charge in [0.1, 0.15) is 0 Å². The molecule has 0 saturated heterocycles. The van der Waals surface area contributed by atoms with E-state index >= 15 is 0 Å². The summed E-state index contributed by atoms with van der Waals surface area (Å²) in [4.78, 5) is 4.25. The highest BCUT2D eigenvalue weighted by Crippen LogP contribution is 2.19. The van der Waals surface area contributed by atoms with E-state index in [1.807, 2.05) is 12.5 Å². The number of nitrogens with zero attached hydrogens (tertiary/aromatic N) is 2. The Morgan fingerprint density at radius 1 is 1.40 bits per heavy atom. The van der Waals surface area contributed by atoms with Gasteiger partial charge in [0.2, 0.25) is 0 Å². The number of aromatic nitrogens is 2. The van der Waals surface area contributed by atoms with Crippen LogP contribution < -0.4 is 5.32 Å². The summed E-state index contributed by atoms with van der Waals surface area (Å²) in [5.74, 6) is 0. The van der Waals surface area contributed by atoms with E-state index in [0.717, 1.165) is 13.1 Å². The molecule has 0 aliphatic rings. The maximum atomic E-state index is 4.25. The molecule has 1 aromatic rings. The Labute approximate surface area is 92.9 Å². The molecule has 0 aromatic carbocycles. The van der Waals surface area contributed by atoms with Crippen molar-refractivity contribution in [2.24, 2.45) is 0 Å². The van der Waals surface area contributed by atoms with Gasteiger partial charge in [-0.25, -0.2) is 4.98 Å². The van der Waals surface area contributed by atoms with Crippen LogP contribution in [0.5, 0.6) is 0 Å². The van der Waals surface area contributed by atoms with E-state index in [4.69, 9.17) is 0 Å². The predicted molar refractivity (Wildman–Crippen MR) is 63.8 cm³/mol. The van der Waals surface area contributed by atoms with Crippen LogP contribution >= 0.6 is 0 Å². The minimum absolute atomic E-state index is 0.617. The highest BCUT2D eigenvalue weighted by atomic mass is 15.1. The van der Waals surface area contributed by atoms with E-state index in [1.54, 1.807) is 0 Å². The van der Waals surface area contributed by atoms with Gasteiger partial charge in [-0.1, -0.05) is 27.2 Å². The SMILES string of the molecule is CCCC(CC)n1cncc1CNCC. The van der Waals surface area contributed by atoms with E-state index in [9.17, 15) is 0 Å². The molecular weight excluding hydrogens is 186 g/mol. The highest BCUT2D eigenvalue weighted by molar-refractivity contribution is 5.00. The third-order valence-electron chi connectivity index (χ3n) is 2.79. The molecule has 0 fully saturated rings. The average Bonchev–Trinajstić information content (AvgIpc) is 2.71. The number of rotatable bonds is 7. The summed E-state index contributed by atoms with van der Waals surface area (Å²) in [6, 6.07) is 0.617. The van der Waals surface area contributed by atoms with Crippen LogP contribution in [0.2, 0.25) is 0 Å². The first-order valence-corrected chi connectivity index (χ1v) is 6.04. The molecule has 1 atom stereocenters. The van der Waals surface area contributed by atoms with Gasteiger partial charge in [0.15, 0.2) is 0 Å². The van der Waals surface area contributed by atoms with Crippen molar-refractivity contribution in [2.75, 3.05) is 6.54 Å². The molecule has 15 heavy (non-hydrogen) atoms. The zero-order valence-electron chi connectivity index (χ0n) is 10.2. The van der Waals surface area contributed by atoms with E-state index in [2.05, 4.69) is 35.6 Å². The van der Waals surface area contributed by atoms with Crippen LogP contribution in [0.15, 0.2) is 12.5 Å². The van der Waals surface area contributed by atoms with Crippen molar-refractivity contribution >= 4 is 0 Å². The molecule has 86 valence electrons. The maximum absolute atomic E-state index is 4.25. The lowest BCUT2D eigenvalue weighted by molar-refractivity contribution is 0.431. The number of imidazole rings is 1. The van der Waals surface area contributed by atoms with Gasteiger partial charge in [-0.05, 0) is 19.4 Å². The lowest BCUT2D eigenvalue weighted by Gasteiger charge is -2.18. The summed E-state index contributed by atoms with van der Waals surface area (Å²) < 4.78 is 2.33. The van der Waals surface area contributed by atoms with Gasteiger partial charge in [-0.3, -0.25) is 0 Å². The molecule has 0 amide bonds. The van der Waals surface area contributed by atoms with Crippen LogP contribution in [0, 0.1) is 0 Å². The average molecular weight is 209 g/mol. The fourth-order valence-electron chi connectivity index (χ4n) is 1.92. The second-order valence-electron chi connectivity index (χ2n) is 3.92. The first-order chi connectivity index (χ1) is 7.33. The minimum atomic E-state index is 0.617. The summed E-state index contributed by atoms with van der Waals surface area (Å²) in [6.45, 7) is 8.55. The van der Waals surface area contributed by atoms with Crippen molar-refractivity contribution in [1.29, 1.82) is 0 Å². The van der Waals surface area contributed by atoms with Gasteiger partial charge in [0.05, 0.1) is 12.0 Å². The van der Waals surface area contributed by atoms with Crippen molar-refractivity contribution in [1.82, 2.24) is 14.9 Å². The zero-order chi connectivity index (χ0) is 11.1. The molecule has 0 radical (unpaired) electrons. The minimum Gasteiger partial charge on any atom is -0.330 e. The molecule has 0 aliphatic heterocycles. The van der Waals surface area contributed by atoms with Gasteiger partial charge < -0.3 is 9.88 Å². The molecule has 1 rings (SSSR count). The molecule has 0 saturated carbocycles. The Balaban J connectivity index is 2.68. The Morgan fingerprint density at radius 3 is 2.80 bits per heavy atom. The first kappa shape index (κ1) is 12.2. The third kappa shape index (κ3) is 3.34. The molecule has 0 spiro atoms. The molecule has 0 aliphatic carbocycles. The quantitative estimate of drug-likeness (QED) is 0.748. The van der Waals surface area contributed by atoms with Gasteiger partial charge in [0.25, 0.3) is 0 Å². The third-order valence-corrected chi connectivity index (χ3v) is 2.79. The lowest BCUT2D eigenvalue weighted by atomic mass is 10.1. The van der Waals surface area contributed by atoms with E-state index < -0.39 is 0 Å². The van der Waals surface area contributed by atoms with Crippen molar-refractivity contribution < 1.29 is 0 Å². The van der Waals surface area contributed by atoms with Crippen molar-refractivity contribution in [2.45, 2.75) is 52.6 Å². The summed E-state index contributed by atoms with van der Waals surface area (Å²) in [6.07, 6.45) is 7.60. The standard InChI is InChI=1S/C12H23N3/c1-4-7-11(5-2)15-10-14-9-12(15)8-13-6-3/h9-11,13H,4-8H2,1-3H3. The smallest absolute Gasteiger partial charge is 0.0951 e. The van der Waals surface area contributed by atoms with Crippen LogP contribution in [0.3, 0.4) is 0 Å². The Kier molecular flexibility index (Phi) is 5.40. The van der Waals surface area contributed by atoms with Crippen LogP contribution in [-0.2, 0) is 6.54 Å². The van der Waals surface area contributed by atoms with Gasteiger partial charge in [-0.15, -0.1) is 0 Å². The largest absolute Gasteiger partial charge is 0.330 e. The van der Waals surface area contributed by atoms with Crippen molar-refractivity contribution in [3.05, 3.63) is 18.2 Å². The highest BCUT2D eigenvalue weighted by Gasteiger charge is 2.10. The fraction of sp³-hybridized carbons (Fsp3) is 0.750. The van der Waals surface area contributed by atoms with E-state index in [-0.39, 0.29) is 0 Å². The molecule has 1 aromatic heterocycles. The first-order valence-electron chi connectivity index (χ1n) is 6.04. The lowest BCUT2D eigenvalue weighted by Crippen LogP contribution is -2.17. The molecule has 0 bridgehead atoms. The Morgan fingerprint density at radius 2 is 2.20 bits per heavy atom. The summed E-state index contributed by atoms with van der Waals surface area (Å²) in [7, 11) is 0. The van der Waals surface area contributed by atoms with Gasteiger partial charge in [0, 0.05) is 18.8 Å². The second kappa shape index (κ2) is 6.62. The molecule has 3 heteroatoms. The molecule has 1 unspecified atom stereocenters. The fourth-order valence-corrected chi connectivity index (χ4v) is 1.92. The topological polar surface area (TPSA) is 29.9 Å². The van der Waals surface area contributed by atoms with Crippen molar-refractivity contribution in [3.63, 3.8) is 0 Å². The Bertz CT molecular complexity index is 268. The summed E-state index contributed by atoms with van der Waals surface area (Å²) >= 11 is 0. The molecule has 1 N–H and O–H groups in total. The van der Waals surface area contributed by atoms with Crippen LogP contribution in [0.1, 0.15) is 51.8 Å². The second-order valence-corrected chi connectivity index (χ2v) is 3.92. The number of nitrogens with one attached hydrogen (secondary N) is 1. The zero-order valence-corrected chi connectivity index (χ0v) is 10.2. The number of hydrogen-bond donors (Lipinski definition) is 1. The monoisotopic (exact) mass is 209 g/mol. The van der Waals surface area contributed by atoms with E-state index in [1.165, 1.54) is 25.0 Å². The predicted octanol–water partition coefficient (Wildman–Crippen LogP) is 2.74. The van der Waals surface area contributed by atoms with Crippen LogP contribution in [-0.4, -0.2) is 16.1 Å². The normalized spacial score (nSPS) is 13.0. The summed E-state index contributed by atoms with van der Waals surface area (Å²) in [5.41, 5.74) is 1.30. The van der Waals surface area contributed by atoms with Gasteiger partial charge in [-0.2, -0.15) is 0 Å². The van der Waals surface area contributed by atoms with Crippen molar-refractivity contribution in [3.8, 4) is 0 Å². The van der Waals surface area contributed by atoms with Crippen LogP contribution in [0.4, 0.5) is 0 Å². The summed E-state index contributed by atoms with van der Waals surface area (Å²) in [5, 5.41) is 3.35. The van der Waals surface area contributed by atoms with E-state index in [0.29, 0.717) is 6.04 Å². The molecule has 1 heterocycles. The maximum Gasteiger partial charge on any atom is 0.0951 e. The molecule has 3 nitrogen and oxygen atoms in total. The number of hydrogen-bond acceptors (Lipinski definition) is 2. The Hall–Kier alpha value is -0.830.